The van der Waals surface area contributed by atoms with Crippen LogP contribution < -0.4 is 15.0 Å². The molecule has 4 bridgehead atoms. The summed E-state index contributed by atoms with van der Waals surface area (Å²) in [6.45, 7) is 3.68. The molecule has 10 heteroatoms. The average molecular weight is 539 g/mol. The van der Waals surface area contributed by atoms with Crippen LogP contribution in [-0.2, 0) is 20.7 Å². The molecular weight excluding hydrogens is 504 g/mol. The van der Waals surface area contributed by atoms with Gasteiger partial charge in [-0.05, 0) is 44.4 Å². The highest BCUT2D eigenvalue weighted by Crippen LogP contribution is 2.37. The number of rotatable bonds is 2. The molecule has 0 aliphatic carbocycles. The monoisotopic (exact) mass is 538 g/mol. The summed E-state index contributed by atoms with van der Waals surface area (Å²) in [6.07, 6.45) is 6.06. The number of aliphatic hydroxyl groups is 1. The number of hydrogen-bond acceptors (Lipinski definition) is 7. The first kappa shape index (κ1) is 28.4. The van der Waals surface area contributed by atoms with Gasteiger partial charge in [0.1, 0.15) is 21.8 Å². The maximum atomic E-state index is 13.0. The zero-order chi connectivity index (χ0) is 26.5. The number of halogens is 1. The molecule has 1 aromatic carbocycles. The number of anilines is 1. The first-order chi connectivity index (χ1) is 17.0. The number of hydrogen-bond donors (Lipinski definition) is 2. The van der Waals surface area contributed by atoms with Gasteiger partial charge >= 0.3 is 6.09 Å². The minimum absolute atomic E-state index is 0.114. The van der Waals surface area contributed by atoms with Crippen molar-refractivity contribution in [3.05, 3.63) is 46.5 Å². The van der Waals surface area contributed by atoms with Crippen LogP contribution in [0, 0.1) is 0 Å². The van der Waals surface area contributed by atoms with E-state index in [1.807, 2.05) is 37.3 Å². The van der Waals surface area contributed by atoms with Crippen molar-refractivity contribution >= 4 is 41.1 Å². The minimum atomic E-state index is -1.18. The number of thioether (sulfide) groups is 1. The molecule has 2 amide bonds. The fraction of sp³-hybridized carbons (Fsp3) is 0.538. The van der Waals surface area contributed by atoms with Gasteiger partial charge < -0.3 is 29.5 Å². The topological polar surface area (TPSA) is 97.3 Å². The number of benzene rings is 1. The number of carbonyl (C=O) groups is 2. The molecule has 0 spiro atoms. The van der Waals surface area contributed by atoms with E-state index in [0.717, 1.165) is 11.1 Å². The molecule has 8 nitrogen and oxygen atoms in total. The molecule has 0 aromatic heterocycles. The molecule has 2 heterocycles. The second-order valence-corrected chi connectivity index (χ2v) is 11.2. The van der Waals surface area contributed by atoms with Crippen LogP contribution in [0.4, 0.5) is 10.5 Å². The van der Waals surface area contributed by atoms with Gasteiger partial charge in [0.15, 0.2) is 0 Å². The molecule has 0 radical (unpaired) electrons. The molecule has 0 saturated carbocycles. The summed E-state index contributed by atoms with van der Waals surface area (Å²) in [6, 6.07) is 3.49. The maximum absolute atomic E-state index is 13.0. The third-order valence-corrected chi connectivity index (χ3v) is 8.09. The van der Waals surface area contributed by atoms with Gasteiger partial charge in [-0.15, -0.1) is 11.8 Å². The molecule has 4 atom stereocenters. The van der Waals surface area contributed by atoms with Crippen molar-refractivity contribution in [2.75, 3.05) is 31.9 Å². The highest BCUT2D eigenvalue weighted by Gasteiger charge is 2.34. The third kappa shape index (κ3) is 7.41. The van der Waals surface area contributed by atoms with E-state index in [1.165, 1.54) is 16.7 Å². The lowest BCUT2D eigenvalue weighted by Gasteiger charge is -2.34. The molecule has 198 valence electrons. The molecular formula is C26H35ClN2O6S. The van der Waals surface area contributed by atoms with Gasteiger partial charge in [-0.25, -0.2) is 4.79 Å². The fourth-order valence-corrected chi connectivity index (χ4v) is 5.56. The van der Waals surface area contributed by atoms with E-state index < -0.39 is 17.1 Å². The van der Waals surface area contributed by atoms with E-state index in [4.69, 9.17) is 25.8 Å². The zero-order valence-electron chi connectivity index (χ0n) is 21.4. The molecule has 1 aromatic rings. The van der Waals surface area contributed by atoms with Gasteiger partial charge in [0, 0.05) is 32.8 Å². The van der Waals surface area contributed by atoms with Crippen LogP contribution in [0.5, 0.6) is 5.75 Å². The molecule has 36 heavy (non-hydrogen) atoms. The number of nitrogens with one attached hydrogen (secondary N) is 1. The number of allylic oxidation sites excluding steroid dienone is 3. The van der Waals surface area contributed by atoms with Crippen LogP contribution in [0.15, 0.2) is 35.9 Å². The third-order valence-electron chi connectivity index (χ3n) is 6.35. The maximum Gasteiger partial charge on any atom is 0.407 e. The molecule has 2 unspecified atom stereocenters. The van der Waals surface area contributed by atoms with Gasteiger partial charge in [-0.1, -0.05) is 35.4 Å². The number of nitrogens with zero attached hydrogens (tertiary/aromatic N) is 1. The first-order valence-electron chi connectivity index (χ1n) is 11.9. The molecule has 2 N–H and O–H groups in total. The van der Waals surface area contributed by atoms with Crippen LogP contribution in [0.3, 0.4) is 0 Å². The summed E-state index contributed by atoms with van der Waals surface area (Å²) < 4.78 is 16.6. The van der Waals surface area contributed by atoms with Gasteiger partial charge in [0.25, 0.3) is 0 Å². The van der Waals surface area contributed by atoms with Gasteiger partial charge in [-0.2, -0.15) is 0 Å². The molecule has 2 aliphatic heterocycles. The lowest BCUT2D eigenvalue weighted by molar-refractivity contribution is -0.119. The van der Waals surface area contributed by atoms with E-state index in [2.05, 4.69) is 5.32 Å². The van der Waals surface area contributed by atoms with Crippen LogP contribution in [-0.4, -0.2) is 67.3 Å². The Bertz CT molecular complexity index is 1030. The van der Waals surface area contributed by atoms with Crippen molar-refractivity contribution in [1.82, 2.24) is 5.32 Å². The van der Waals surface area contributed by atoms with Crippen LogP contribution in [0.2, 0.25) is 5.02 Å². The van der Waals surface area contributed by atoms with Crippen LogP contribution in [0.1, 0.15) is 38.7 Å². The summed E-state index contributed by atoms with van der Waals surface area (Å²) in [5.41, 5.74) is 2.57. The highest BCUT2D eigenvalue weighted by molar-refractivity contribution is 8.00. The summed E-state index contributed by atoms with van der Waals surface area (Å²) >= 11 is 7.82. The number of methoxy groups -OCH3 is 2. The predicted octanol–water partition coefficient (Wildman–Crippen LogP) is 4.47. The Labute approximate surface area is 222 Å². The molecule has 3 rings (SSSR count). The second kappa shape index (κ2) is 12.4. The van der Waals surface area contributed by atoms with E-state index in [-0.39, 0.29) is 30.9 Å². The van der Waals surface area contributed by atoms with E-state index in [9.17, 15) is 14.7 Å². The fourth-order valence-electron chi connectivity index (χ4n) is 4.25. The lowest BCUT2D eigenvalue weighted by Crippen LogP contribution is -2.52. The van der Waals surface area contributed by atoms with E-state index in [0.29, 0.717) is 35.1 Å². The van der Waals surface area contributed by atoms with Crippen molar-refractivity contribution in [3.63, 3.8) is 0 Å². The minimum Gasteiger partial charge on any atom is -0.495 e. The Morgan fingerprint density at radius 1 is 1.31 bits per heavy atom. The molecule has 2 aliphatic rings. The average Bonchev–Trinajstić information content (AvgIpc) is 2.83. The van der Waals surface area contributed by atoms with Gasteiger partial charge in [-0.3, -0.25) is 4.79 Å². The van der Waals surface area contributed by atoms with Gasteiger partial charge in [0.05, 0.1) is 24.9 Å². The van der Waals surface area contributed by atoms with E-state index >= 15 is 0 Å². The van der Waals surface area contributed by atoms with Crippen molar-refractivity contribution in [2.45, 2.75) is 62.7 Å². The summed E-state index contributed by atoms with van der Waals surface area (Å²) in [4.78, 5) is 25.6. The smallest absolute Gasteiger partial charge is 0.407 e. The van der Waals surface area contributed by atoms with Crippen molar-refractivity contribution < 1.29 is 28.9 Å². The molecule has 1 saturated heterocycles. The Morgan fingerprint density at radius 2 is 2.06 bits per heavy atom. The predicted molar refractivity (Wildman–Crippen MR) is 143 cm³/mol. The van der Waals surface area contributed by atoms with Gasteiger partial charge in [0.2, 0.25) is 5.91 Å². The summed E-state index contributed by atoms with van der Waals surface area (Å²) in [5, 5.41) is 14.1. The Kier molecular flexibility index (Phi) is 9.74. The second-order valence-electron chi connectivity index (χ2n) is 9.36. The standard InChI is InChI=1S/C26H35ClN2O6S/c1-16-7-6-8-21(33-4)19-14-18(35-25(31)28-19)15-36-26(2,32)10-9-23(30)29(3)20-12-17(11-16)13-22(34-5)24(20)27/h6-8,12-13,18-19,21,32H,9-11,14-15H2,1-5H3,(H,28,31)/b8-6+,16-7+/t18?,19?,21-,26-/m1/s1. The van der Waals surface area contributed by atoms with Crippen molar-refractivity contribution in [3.8, 4) is 5.75 Å². The summed E-state index contributed by atoms with van der Waals surface area (Å²) in [5.74, 6) is 0.704. The Hall–Kier alpha value is -2.20. The zero-order valence-corrected chi connectivity index (χ0v) is 22.9. The number of ether oxygens (including phenoxy) is 3. The van der Waals surface area contributed by atoms with Crippen molar-refractivity contribution in [1.29, 1.82) is 0 Å². The normalized spacial score (nSPS) is 30.6. The number of amides is 2. The molecule has 1 fully saturated rings. The lowest BCUT2D eigenvalue weighted by atomic mass is 10.0. The van der Waals surface area contributed by atoms with Crippen LogP contribution in [0.25, 0.3) is 0 Å². The quantitative estimate of drug-likeness (QED) is 0.573. The number of fused-ring (bicyclic) bond motifs is 4. The number of carbonyl (C=O) groups excluding carboxylic acids is 2. The Morgan fingerprint density at radius 3 is 2.75 bits per heavy atom. The van der Waals surface area contributed by atoms with E-state index in [1.54, 1.807) is 28.2 Å². The first-order valence-corrected chi connectivity index (χ1v) is 13.2. The van der Waals surface area contributed by atoms with Crippen LogP contribution >= 0.6 is 23.4 Å². The SMILES string of the molecule is COc1cc2cc(c1Cl)N(C)C(=O)CC[C@](C)(O)SCC1CC(NC(=O)O1)[C@H](OC)/C=C/C=C(\C)C2. The largest absolute Gasteiger partial charge is 0.495 e. The number of alkyl carbamates (subject to hydrolysis) is 1. The Balaban J connectivity index is 1.96. The summed E-state index contributed by atoms with van der Waals surface area (Å²) in [7, 11) is 4.82. The van der Waals surface area contributed by atoms with Crippen molar-refractivity contribution in [2.24, 2.45) is 0 Å². The highest BCUT2D eigenvalue weighted by atomic mass is 35.5.